The molecule has 5 nitrogen and oxygen atoms in total. The number of aryl methyl sites for hydroxylation is 1. The van der Waals surface area contributed by atoms with Crippen LogP contribution in [-0.2, 0) is 4.79 Å². The fraction of sp³-hybridized carbons (Fsp3) is 0.333. The highest BCUT2D eigenvalue weighted by atomic mass is 16.5. The SMILES string of the molecule is Cc1onc2c1NC(=O)CN2. The minimum Gasteiger partial charge on any atom is -0.357 e. The van der Waals surface area contributed by atoms with E-state index in [0.717, 1.165) is 0 Å². The third-order valence-electron chi connectivity index (χ3n) is 1.54. The second-order valence-electron chi connectivity index (χ2n) is 2.36. The molecule has 0 fully saturated rings. The quantitative estimate of drug-likeness (QED) is 0.564. The van der Waals surface area contributed by atoms with Crippen molar-refractivity contribution in [3.63, 3.8) is 0 Å². The standard InChI is InChI=1S/C6H7N3O2/c1-3-5-6(9-11-3)7-2-4(10)8-5/h2H2,1H3,(H,7,9)(H,8,10). The molecule has 2 N–H and O–H groups in total. The number of amides is 1. The Morgan fingerprint density at radius 2 is 2.45 bits per heavy atom. The van der Waals surface area contributed by atoms with Crippen molar-refractivity contribution in [2.45, 2.75) is 6.92 Å². The van der Waals surface area contributed by atoms with Crippen molar-refractivity contribution in [2.24, 2.45) is 0 Å². The van der Waals surface area contributed by atoms with Gasteiger partial charge in [-0.15, -0.1) is 0 Å². The molecule has 0 spiro atoms. The van der Waals surface area contributed by atoms with Crippen LogP contribution in [-0.4, -0.2) is 17.6 Å². The van der Waals surface area contributed by atoms with Gasteiger partial charge in [-0.3, -0.25) is 4.79 Å². The van der Waals surface area contributed by atoms with E-state index in [4.69, 9.17) is 4.52 Å². The van der Waals surface area contributed by atoms with Gasteiger partial charge in [0.25, 0.3) is 0 Å². The normalized spacial score (nSPS) is 15.2. The van der Waals surface area contributed by atoms with Gasteiger partial charge in [0, 0.05) is 0 Å². The van der Waals surface area contributed by atoms with Gasteiger partial charge in [0.15, 0.2) is 11.6 Å². The summed E-state index contributed by atoms with van der Waals surface area (Å²) in [6.45, 7) is 2.01. The van der Waals surface area contributed by atoms with Crippen molar-refractivity contribution >= 4 is 17.4 Å². The number of fused-ring (bicyclic) bond motifs is 1. The second-order valence-corrected chi connectivity index (χ2v) is 2.36. The van der Waals surface area contributed by atoms with Crippen LogP contribution in [0.1, 0.15) is 5.76 Å². The maximum Gasteiger partial charge on any atom is 0.243 e. The molecule has 58 valence electrons. The zero-order valence-electron chi connectivity index (χ0n) is 5.97. The Bertz CT molecular complexity index is 305. The number of carbonyl (C=O) groups is 1. The highest BCUT2D eigenvalue weighted by Gasteiger charge is 2.19. The van der Waals surface area contributed by atoms with Gasteiger partial charge in [-0.25, -0.2) is 0 Å². The monoisotopic (exact) mass is 153 g/mol. The van der Waals surface area contributed by atoms with Crippen LogP contribution in [0, 0.1) is 6.92 Å². The van der Waals surface area contributed by atoms with Crippen LogP contribution in [0.5, 0.6) is 0 Å². The lowest BCUT2D eigenvalue weighted by Crippen LogP contribution is -2.27. The summed E-state index contributed by atoms with van der Waals surface area (Å²) in [7, 11) is 0. The Hall–Kier alpha value is -1.52. The van der Waals surface area contributed by atoms with Crippen molar-refractivity contribution in [1.82, 2.24) is 5.16 Å². The Morgan fingerprint density at radius 1 is 1.64 bits per heavy atom. The number of hydrogen-bond acceptors (Lipinski definition) is 4. The first-order chi connectivity index (χ1) is 5.27. The smallest absolute Gasteiger partial charge is 0.243 e. The van der Waals surface area contributed by atoms with E-state index in [2.05, 4.69) is 15.8 Å². The van der Waals surface area contributed by atoms with Crippen LogP contribution >= 0.6 is 0 Å². The molecule has 0 radical (unpaired) electrons. The number of anilines is 2. The third-order valence-corrected chi connectivity index (χ3v) is 1.54. The maximum atomic E-state index is 10.8. The predicted molar refractivity (Wildman–Crippen MR) is 38.4 cm³/mol. The number of aromatic nitrogens is 1. The van der Waals surface area contributed by atoms with Gasteiger partial charge < -0.3 is 15.2 Å². The Kier molecular flexibility index (Phi) is 1.12. The van der Waals surface area contributed by atoms with E-state index in [1.54, 1.807) is 6.92 Å². The average molecular weight is 153 g/mol. The third kappa shape index (κ3) is 0.849. The van der Waals surface area contributed by atoms with Gasteiger partial charge in [0.05, 0.1) is 6.54 Å². The van der Waals surface area contributed by atoms with E-state index in [-0.39, 0.29) is 12.5 Å². The Morgan fingerprint density at radius 3 is 3.27 bits per heavy atom. The van der Waals surface area contributed by atoms with E-state index in [9.17, 15) is 4.79 Å². The lowest BCUT2D eigenvalue weighted by atomic mass is 10.3. The summed E-state index contributed by atoms with van der Waals surface area (Å²) in [6.07, 6.45) is 0. The van der Waals surface area contributed by atoms with Crippen LogP contribution in [0.15, 0.2) is 4.52 Å². The van der Waals surface area contributed by atoms with Gasteiger partial charge in [-0.05, 0) is 6.92 Å². The minimum absolute atomic E-state index is 0.0659. The molecule has 2 rings (SSSR count). The summed E-state index contributed by atoms with van der Waals surface area (Å²) in [5.74, 6) is 1.17. The molecule has 1 aromatic rings. The van der Waals surface area contributed by atoms with Gasteiger partial charge in [-0.2, -0.15) is 0 Å². The molecule has 0 aromatic carbocycles. The van der Waals surface area contributed by atoms with E-state index in [1.807, 2.05) is 0 Å². The van der Waals surface area contributed by atoms with Crippen LogP contribution in [0.4, 0.5) is 11.5 Å². The summed E-state index contributed by atoms with van der Waals surface area (Å²) in [5, 5.41) is 9.16. The number of rotatable bonds is 0. The lowest BCUT2D eigenvalue weighted by Gasteiger charge is -2.11. The van der Waals surface area contributed by atoms with Crippen molar-refractivity contribution in [2.75, 3.05) is 17.2 Å². The van der Waals surface area contributed by atoms with Crippen LogP contribution in [0.2, 0.25) is 0 Å². The predicted octanol–water partition coefficient (Wildman–Crippen LogP) is 0.347. The van der Waals surface area contributed by atoms with E-state index in [0.29, 0.717) is 17.3 Å². The van der Waals surface area contributed by atoms with E-state index < -0.39 is 0 Å². The van der Waals surface area contributed by atoms with Crippen molar-refractivity contribution in [3.8, 4) is 0 Å². The van der Waals surface area contributed by atoms with E-state index >= 15 is 0 Å². The molecule has 5 heteroatoms. The van der Waals surface area contributed by atoms with Gasteiger partial charge >= 0.3 is 0 Å². The fourth-order valence-corrected chi connectivity index (χ4v) is 0.988. The van der Waals surface area contributed by atoms with Gasteiger partial charge in [0.2, 0.25) is 5.91 Å². The van der Waals surface area contributed by atoms with Crippen LogP contribution in [0.25, 0.3) is 0 Å². The lowest BCUT2D eigenvalue weighted by molar-refractivity contribution is -0.114. The van der Waals surface area contributed by atoms with Crippen LogP contribution < -0.4 is 10.6 Å². The molecule has 1 amide bonds. The summed E-state index contributed by atoms with van der Waals surface area (Å²) in [4.78, 5) is 10.8. The first-order valence-electron chi connectivity index (χ1n) is 3.27. The number of nitrogens with one attached hydrogen (secondary N) is 2. The number of hydrogen-bond donors (Lipinski definition) is 2. The molecule has 1 aromatic heterocycles. The molecule has 0 unspecified atom stereocenters. The molecule has 1 aliphatic heterocycles. The molecule has 2 heterocycles. The topological polar surface area (TPSA) is 67.2 Å². The number of carbonyl (C=O) groups excluding carboxylic acids is 1. The minimum atomic E-state index is -0.0659. The molecule has 11 heavy (non-hydrogen) atoms. The number of nitrogens with zero attached hydrogens (tertiary/aromatic N) is 1. The molecule has 1 aliphatic rings. The summed E-state index contributed by atoms with van der Waals surface area (Å²) in [6, 6.07) is 0. The molecule has 0 bridgehead atoms. The highest BCUT2D eigenvalue weighted by molar-refractivity contribution is 6.00. The van der Waals surface area contributed by atoms with E-state index in [1.165, 1.54) is 0 Å². The zero-order valence-corrected chi connectivity index (χ0v) is 5.97. The first-order valence-corrected chi connectivity index (χ1v) is 3.27. The van der Waals surface area contributed by atoms with Gasteiger partial charge in [-0.1, -0.05) is 5.16 Å². The Balaban J connectivity index is 2.45. The fourth-order valence-electron chi connectivity index (χ4n) is 0.988. The molecule has 0 saturated heterocycles. The average Bonchev–Trinajstić information content (AvgIpc) is 2.33. The largest absolute Gasteiger partial charge is 0.357 e. The van der Waals surface area contributed by atoms with Gasteiger partial charge in [0.1, 0.15) is 5.69 Å². The zero-order chi connectivity index (χ0) is 7.84. The highest BCUT2D eigenvalue weighted by Crippen LogP contribution is 2.26. The molecule has 0 saturated carbocycles. The molecule has 0 atom stereocenters. The summed E-state index contributed by atoms with van der Waals surface area (Å²) >= 11 is 0. The summed E-state index contributed by atoms with van der Waals surface area (Å²) < 4.78 is 4.84. The van der Waals surface area contributed by atoms with Crippen molar-refractivity contribution < 1.29 is 9.32 Å². The molecular weight excluding hydrogens is 146 g/mol. The Labute approximate surface area is 62.7 Å². The maximum absolute atomic E-state index is 10.8. The van der Waals surface area contributed by atoms with Crippen molar-refractivity contribution in [1.29, 1.82) is 0 Å². The summed E-state index contributed by atoms with van der Waals surface area (Å²) in [5.41, 5.74) is 0.654. The van der Waals surface area contributed by atoms with Crippen LogP contribution in [0.3, 0.4) is 0 Å². The molecular formula is C6H7N3O2. The van der Waals surface area contributed by atoms with Crippen molar-refractivity contribution in [3.05, 3.63) is 5.76 Å². The second kappa shape index (κ2) is 1.98. The first kappa shape index (κ1) is 6.21. The molecule has 0 aliphatic carbocycles.